The van der Waals surface area contributed by atoms with Crippen molar-refractivity contribution in [1.29, 1.82) is 0 Å². The van der Waals surface area contributed by atoms with Gasteiger partial charge in [0.1, 0.15) is 0 Å². The van der Waals surface area contributed by atoms with E-state index in [0.29, 0.717) is 0 Å². The summed E-state index contributed by atoms with van der Waals surface area (Å²) in [6.07, 6.45) is -2.08. The smallest absolute Gasteiger partial charge is 0.415 e. The normalized spacial score (nSPS) is 18.6. The van der Waals surface area contributed by atoms with Crippen LogP contribution in [0.1, 0.15) is 0 Å². The first-order valence-electron chi connectivity index (χ1n) is 4.94. The van der Waals surface area contributed by atoms with E-state index in [-0.39, 0.29) is 17.9 Å². The molecule has 8 nitrogen and oxygen atoms in total. The maximum Gasteiger partial charge on any atom is 0.415 e. The molecule has 1 N–H and O–H groups in total. The lowest BCUT2D eigenvalue weighted by Gasteiger charge is -2.11. The summed E-state index contributed by atoms with van der Waals surface area (Å²) >= 11 is 0. The number of hydrogen-bond donors (Lipinski definition) is 1. The van der Waals surface area contributed by atoms with Crippen LogP contribution in [-0.2, 0) is 9.53 Å². The Morgan fingerprint density at radius 2 is 2.28 bits per heavy atom. The number of ether oxygens (including phenoxy) is 1. The Bertz CT molecular complexity index is 529. The van der Waals surface area contributed by atoms with E-state index in [4.69, 9.17) is 5.11 Å². The molecule has 1 saturated heterocycles. The van der Waals surface area contributed by atoms with Gasteiger partial charge in [-0.1, -0.05) is 6.07 Å². The monoisotopic (exact) mass is 252 g/mol. The first kappa shape index (κ1) is 11.8. The second-order valence-electron chi connectivity index (χ2n) is 3.60. The quantitative estimate of drug-likeness (QED) is 0.634. The molecule has 1 amide bonds. The second-order valence-corrected chi connectivity index (χ2v) is 3.60. The molecule has 0 aliphatic carbocycles. The topological polar surface area (TPSA) is 110 Å². The summed E-state index contributed by atoms with van der Waals surface area (Å²) in [7, 11) is 0. The summed E-state index contributed by atoms with van der Waals surface area (Å²) < 4.78 is 4.61. The number of rotatable bonds is 3. The summed E-state index contributed by atoms with van der Waals surface area (Å²) in [5.41, 5.74) is 0.0528. The highest BCUT2D eigenvalue weighted by molar-refractivity contribution is 5.94. The minimum absolute atomic E-state index is 0.171. The van der Waals surface area contributed by atoms with Gasteiger partial charge in [-0.05, 0) is 6.07 Å². The lowest BCUT2D eigenvalue weighted by molar-refractivity contribution is -0.384. The van der Waals surface area contributed by atoms with Gasteiger partial charge in [-0.3, -0.25) is 15.0 Å². The summed E-state index contributed by atoms with van der Waals surface area (Å²) in [5, 5.41) is 19.3. The molecule has 1 aliphatic heterocycles. The first-order valence-corrected chi connectivity index (χ1v) is 4.94. The maximum absolute atomic E-state index is 11.4. The second kappa shape index (κ2) is 4.32. The minimum atomic E-state index is -1.25. The minimum Gasteiger partial charge on any atom is -0.478 e. The fraction of sp³-hybridized carbons (Fsp3) is 0.200. The molecule has 18 heavy (non-hydrogen) atoms. The first-order chi connectivity index (χ1) is 8.49. The van der Waals surface area contributed by atoms with Crippen LogP contribution in [0.25, 0.3) is 0 Å². The van der Waals surface area contributed by atoms with E-state index in [2.05, 4.69) is 4.74 Å². The molecule has 1 aliphatic rings. The number of carboxylic acid groups (broad SMARTS) is 1. The third-order valence-electron chi connectivity index (χ3n) is 2.44. The van der Waals surface area contributed by atoms with E-state index in [0.717, 1.165) is 4.90 Å². The highest BCUT2D eigenvalue weighted by Gasteiger charge is 2.37. The fourth-order valence-electron chi connectivity index (χ4n) is 1.58. The third kappa shape index (κ3) is 2.08. The van der Waals surface area contributed by atoms with Crippen molar-refractivity contribution in [2.75, 3.05) is 11.4 Å². The van der Waals surface area contributed by atoms with Crippen molar-refractivity contribution in [3.05, 3.63) is 34.4 Å². The van der Waals surface area contributed by atoms with Gasteiger partial charge in [0, 0.05) is 12.1 Å². The number of amides is 1. The number of anilines is 1. The van der Waals surface area contributed by atoms with Crippen LogP contribution < -0.4 is 4.90 Å². The van der Waals surface area contributed by atoms with Crippen LogP contribution in [0.5, 0.6) is 0 Å². The number of carbonyl (C=O) groups excluding carboxylic acids is 1. The molecular formula is C10H8N2O6. The number of carbonyl (C=O) groups is 2. The van der Waals surface area contributed by atoms with Gasteiger partial charge >= 0.3 is 12.1 Å². The Kier molecular flexibility index (Phi) is 2.84. The SMILES string of the molecule is O=C(O)[C@@H]1CN(c2cccc([N+](=O)[O-])c2)C(=O)O1. The van der Waals surface area contributed by atoms with Gasteiger partial charge < -0.3 is 9.84 Å². The van der Waals surface area contributed by atoms with Gasteiger partial charge in [0.2, 0.25) is 6.10 Å². The van der Waals surface area contributed by atoms with Crippen LogP contribution in [0.2, 0.25) is 0 Å². The highest BCUT2D eigenvalue weighted by Crippen LogP contribution is 2.25. The molecule has 1 atom stereocenters. The number of non-ortho nitro benzene ring substituents is 1. The number of carboxylic acids is 1. The Morgan fingerprint density at radius 3 is 2.83 bits per heavy atom. The summed E-state index contributed by atoms with van der Waals surface area (Å²) in [6.45, 7) is -0.171. The highest BCUT2D eigenvalue weighted by atomic mass is 16.6. The molecular weight excluding hydrogens is 244 g/mol. The molecule has 0 saturated carbocycles. The molecule has 1 fully saturated rings. The summed E-state index contributed by atoms with van der Waals surface area (Å²) in [6, 6.07) is 5.35. The van der Waals surface area contributed by atoms with E-state index in [9.17, 15) is 19.7 Å². The number of benzene rings is 1. The van der Waals surface area contributed by atoms with Crippen molar-refractivity contribution in [3.63, 3.8) is 0 Å². The van der Waals surface area contributed by atoms with E-state index in [1.807, 2.05) is 0 Å². The van der Waals surface area contributed by atoms with Crippen LogP contribution in [0.3, 0.4) is 0 Å². The number of nitro groups is 1. The van der Waals surface area contributed by atoms with E-state index < -0.39 is 23.1 Å². The van der Waals surface area contributed by atoms with Crippen molar-refractivity contribution in [3.8, 4) is 0 Å². The van der Waals surface area contributed by atoms with Gasteiger partial charge in [0.15, 0.2) is 0 Å². The predicted octanol–water partition coefficient (Wildman–Crippen LogP) is 1.00. The Morgan fingerprint density at radius 1 is 1.56 bits per heavy atom. The van der Waals surface area contributed by atoms with Crippen LogP contribution >= 0.6 is 0 Å². The summed E-state index contributed by atoms with van der Waals surface area (Å²) in [4.78, 5) is 33.2. The van der Waals surface area contributed by atoms with Gasteiger partial charge in [0.05, 0.1) is 17.2 Å². The van der Waals surface area contributed by atoms with Crippen molar-refractivity contribution < 1.29 is 24.4 Å². The van der Waals surface area contributed by atoms with Crippen molar-refractivity contribution in [2.24, 2.45) is 0 Å². The third-order valence-corrected chi connectivity index (χ3v) is 2.44. The van der Waals surface area contributed by atoms with Crippen molar-refractivity contribution >= 4 is 23.4 Å². The van der Waals surface area contributed by atoms with Gasteiger partial charge in [-0.2, -0.15) is 0 Å². The van der Waals surface area contributed by atoms with E-state index in [1.54, 1.807) is 0 Å². The Labute approximate surface area is 101 Å². The summed E-state index contributed by atoms with van der Waals surface area (Å²) in [5.74, 6) is -1.25. The molecule has 1 aromatic carbocycles. The standard InChI is InChI=1S/C10H8N2O6/c13-9(14)8-5-11(10(15)18-8)6-2-1-3-7(4-6)12(16)17/h1-4,8H,5H2,(H,13,14)/t8-/m0/s1. The molecule has 1 heterocycles. The number of nitrogens with zero attached hydrogens (tertiary/aromatic N) is 2. The van der Waals surface area contributed by atoms with Gasteiger partial charge in [-0.25, -0.2) is 9.59 Å². The van der Waals surface area contributed by atoms with Crippen molar-refractivity contribution in [2.45, 2.75) is 6.10 Å². The molecule has 2 rings (SSSR count). The largest absolute Gasteiger partial charge is 0.478 e. The van der Waals surface area contributed by atoms with Crippen LogP contribution in [-0.4, -0.2) is 34.7 Å². The Balaban J connectivity index is 2.27. The predicted molar refractivity (Wildman–Crippen MR) is 58.3 cm³/mol. The average molecular weight is 252 g/mol. The molecule has 0 bridgehead atoms. The number of aliphatic carboxylic acids is 1. The number of cyclic esters (lactones) is 1. The zero-order valence-electron chi connectivity index (χ0n) is 8.98. The fourth-order valence-corrected chi connectivity index (χ4v) is 1.58. The van der Waals surface area contributed by atoms with Gasteiger partial charge in [-0.15, -0.1) is 0 Å². The zero-order valence-corrected chi connectivity index (χ0v) is 8.98. The Hall–Kier alpha value is -2.64. The molecule has 1 aromatic rings. The molecule has 8 heteroatoms. The lowest BCUT2D eigenvalue weighted by atomic mass is 10.2. The zero-order chi connectivity index (χ0) is 13.3. The lowest BCUT2D eigenvalue weighted by Crippen LogP contribution is -2.27. The number of hydrogen-bond acceptors (Lipinski definition) is 5. The molecule has 94 valence electrons. The van der Waals surface area contributed by atoms with Crippen LogP contribution in [0.4, 0.5) is 16.2 Å². The number of nitro benzene ring substituents is 1. The molecule has 0 aromatic heterocycles. The van der Waals surface area contributed by atoms with Crippen LogP contribution in [0.15, 0.2) is 24.3 Å². The van der Waals surface area contributed by atoms with E-state index >= 15 is 0 Å². The van der Waals surface area contributed by atoms with Gasteiger partial charge in [0.25, 0.3) is 5.69 Å². The molecule has 0 radical (unpaired) electrons. The molecule has 0 spiro atoms. The molecule has 0 unspecified atom stereocenters. The van der Waals surface area contributed by atoms with Crippen LogP contribution in [0, 0.1) is 10.1 Å². The average Bonchev–Trinajstić information content (AvgIpc) is 2.72. The van der Waals surface area contributed by atoms with Crippen molar-refractivity contribution in [1.82, 2.24) is 0 Å². The van der Waals surface area contributed by atoms with E-state index in [1.165, 1.54) is 24.3 Å². The maximum atomic E-state index is 11.4.